The Morgan fingerprint density at radius 3 is 2.39 bits per heavy atom. The van der Waals surface area contributed by atoms with E-state index in [4.69, 9.17) is 0 Å². The molecule has 1 N–H and O–H groups in total. The number of ether oxygens (including phenoxy) is 1. The molecule has 0 radical (unpaired) electrons. The number of hydrogen-bond donors (Lipinski definition) is 1. The highest BCUT2D eigenvalue weighted by molar-refractivity contribution is 7.92. The summed E-state index contributed by atoms with van der Waals surface area (Å²) in [6.45, 7) is 1.62. The summed E-state index contributed by atoms with van der Waals surface area (Å²) < 4.78 is 80.1. The van der Waals surface area contributed by atoms with Crippen LogP contribution in [-0.4, -0.2) is 14.8 Å². The maximum atomic E-state index is 13.7. The van der Waals surface area contributed by atoms with E-state index in [-0.39, 0.29) is 5.69 Å². The van der Waals surface area contributed by atoms with E-state index in [1.165, 1.54) is 12.1 Å². The van der Waals surface area contributed by atoms with Crippen LogP contribution >= 0.6 is 0 Å². The van der Waals surface area contributed by atoms with Crippen molar-refractivity contribution in [3.05, 3.63) is 53.8 Å². The predicted octanol–water partition coefficient (Wildman–Crippen LogP) is 3.83. The van der Waals surface area contributed by atoms with Crippen molar-refractivity contribution in [2.45, 2.75) is 18.2 Å². The first-order valence-corrected chi connectivity index (χ1v) is 7.70. The fourth-order valence-corrected chi connectivity index (χ4v) is 2.85. The van der Waals surface area contributed by atoms with Gasteiger partial charge >= 0.3 is 6.36 Å². The van der Waals surface area contributed by atoms with E-state index in [1.807, 2.05) is 4.72 Å². The average Bonchev–Trinajstić information content (AvgIpc) is 2.40. The molecule has 0 bridgehead atoms. The Labute approximate surface area is 129 Å². The van der Waals surface area contributed by atoms with Crippen LogP contribution in [0, 0.1) is 12.7 Å². The summed E-state index contributed by atoms with van der Waals surface area (Å²) in [4.78, 5) is -0.487. The molecular formula is C14H11F4NO3S. The molecule has 9 heteroatoms. The van der Waals surface area contributed by atoms with Crippen molar-refractivity contribution in [2.24, 2.45) is 0 Å². The van der Waals surface area contributed by atoms with Crippen LogP contribution in [0.4, 0.5) is 23.2 Å². The second kappa shape index (κ2) is 6.07. The SMILES string of the molecule is Cc1ccc(NS(=O)(=O)c2cccc(OC(F)(F)F)c2)c(F)c1. The van der Waals surface area contributed by atoms with Gasteiger partial charge in [-0.05, 0) is 36.8 Å². The highest BCUT2D eigenvalue weighted by Crippen LogP contribution is 2.26. The topological polar surface area (TPSA) is 55.4 Å². The van der Waals surface area contributed by atoms with Gasteiger partial charge in [0.2, 0.25) is 0 Å². The molecule has 0 spiro atoms. The smallest absolute Gasteiger partial charge is 0.406 e. The minimum Gasteiger partial charge on any atom is -0.406 e. The highest BCUT2D eigenvalue weighted by atomic mass is 32.2. The van der Waals surface area contributed by atoms with Gasteiger partial charge in [-0.25, -0.2) is 12.8 Å². The van der Waals surface area contributed by atoms with Crippen LogP contribution in [0.2, 0.25) is 0 Å². The van der Waals surface area contributed by atoms with Gasteiger partial charge in [0.05, 0.1) is 10.6 Å². The fourth-order valence-electron chi connectivity index (χ4n) is 1.75. The van der Waals surface area contributed by atoms with Crippen molar-refractivity contribution >= 4 is 15.7 Å². The molecule has 0 amide bonds. The minimum atomic E-state index is -4.95. The summed E-state index contributed by atoms with van der Waals surface area (Å²) >= 11 is 0. The molecule has 4 nitrogen and oxygen atoms in total. The molecule has 2 aromatic rings. The van der Waals surface area contributed by atoms with E-state index in [0.29, 0.717) is 11.6 Å². The van der Waals surface area contributed by atoms with Crippen LogP contribution in [0.15, 0.2) is 47.4 Å². The number of alkyl halides is 3. The lowest BCUT2D eigenvalue weighted by atomic mass is 10.2. The number of hydrogen-bond acceptors (Lipinski definition) is 3. The molecule has 0 saturated carbocycles. The summed E-state index contributed by atoms with van der Waals surface area (Å²) in [7, 11) is -4.26. The van der Waals surface area contributed by atoms with Gasteiger partial charge in [-0.3, -0.25) is 4.72 Å². The zero-order valence-corrected chi connectivity index (χ0v) is 12.5. The van der Waals surface area contributed by atoms with Crippen molar-refractivity contribution in [3.8, 4) is 5.75 Å². The largest absolute Gasteiger partial charge is 0.573 e. The molecule has 0 aromatic heterocycles. The predicted molar refractivity (Wildman–Crippen MR) is 75.1 cm³/mol. The van der Waals surface area contributed by atoms with E-state index >= 15 is 0 Å². The van der Waals surface area contributed by atoms with Gasteiger partial charge in [0.1, 0.15) is 11.6 Å². The van der Waals surface area contributed by atoms with Crippen LogP contribution in [0.3, 0.4) is 0 Å². The molecular weight excluding hydrogens is 338 g/mol. The first-order chi connectivity index (χ1) is 10.6. The summed E-state index contributed by atoms with van der Waals surface area (Å²) in [5.74, 6) is -1.49. The first-order valence-electron chi connectivity index (χ1n) is 6.22. The van der Waals surface area contributed by atoms with Crippen LogP contribution in [0.25, 0.3) is 0 Å². The molecule has 0 atom stereocenters. The van der Waals surface area contributed by atoms with Gasteiger partial charge in [0.15, 0.2) is 0 Å². The Kier molecular flexibility index (Phi) is 4.51. The molecule has 23 heavy (non-hydrogen) atoms. The van der Waals surface area contributed by atoms with Crippen molar-refractivity contribution < 1.29 is 30.7 Å². The van der Waals surface area contributed by atoms with Gasteiger partial charge in [-0.15, -0.1) is 13.2 Å². The summed E-state index contributed by atoms with van der Waals surface area (Å²) in [6.07, 6.45) is -4.95. The molecule has 0 aliphatic heterocycles. The molecule has 0 unspecified atom stereocenters. The third-order valence-corrected chi connectivity index (χ3v) is 4.08. The zero-order valence-electron chi connectivity index (χ0n) is 11.7. The number of halogens is 4. The Morgan fingerprint density at radius 2 is 1.78 bits per heavy atom. The third-order valence-electron chi connectivity index (χ3n) is 2.72. The molecule has 2 rings (SSSR count). The van der Waals surface area contributed by atoms with Crippen LogP contribution in [0.1, 0.15) is 5.56 Å². The highest BCUT2D eigenvalue weighted by Gasteiger charge is 2.31. The van der Waals surface area contributed by atoms with E-state index in [1.54, 1.807) is 6.92 Å². The second-order valence-electron chi connectivity index (χ2n) is 4.61. The van der Waals surface area contributed by atoms with Crippen molar-refractivity contribution in [2.75, 3.05) is 4.72 Å². The number of benzene rings is 2. The second-order valence-corrected chi connectivity index (χ2v) is 6.29. The van der Waals surface area contributed by atoms with Gasteiger partial charge < -0.3 is 4.74 Å². The number of anilines is 1. The van der Waals surface area contributed by atoms with Crippen LogP contribution < -0.4 is 9.46 Å². The summed E-state index contributed by atoms with van der Waals surface area (Å²) in [5.41, 5.74) is 0.281. The quantitative estimate of drug-likeness (QED) is 0.854. The third kappa shape index (κ3) is 4.59. The average molecular weight is 349 g/mol. The number of nitrogens with one attached hydrogen (secondary N) is 1. The van der Waals surface area contributed by atoms with Gasteiger partial charge in [0, 0.05) is 6.07 Å². The van der Waals surface area contributed by atoms with E-state index in [0.717, 1.165) is 24.3 Å². The lowest BCUT2D eigenvalue weighted by Crippen LogP contribution is -2.18. The maximum Gasteiger partial charge on any atom is 0.573 e. The Bertz CT molecular complexity index is 819. The maximum absolute atomic E-state index is 13.7. The van der Waals surface area contributed by atoms with Gasteiger partial charge in [0.25, 0.3) is 10.0 Å². The lowest BCUT2D eigenvalue weighted by molar-refractivity contribution is -0.274. The Morgan fingerprint density at radius 1 is 1.09 bits per heavy atom. The van der Waals surface area contributed by atoms with Crippen LogP contribution in [0.5, 0.6) is 5.75 Å². The fraction of sp³-hybridized carbons (Fsp3) is 0.143. The number of sulfonamides is 1. The van der Waals surface area contributed by atoms with E-state index < -0.39 is 32.8 Å². The first kappa shape index (κ1) is 17.1. The number of aryl methyl sites for hydroxylation is 1. The monoisotopic (exact) mass is 349 g/mol. The van der Waals surface area contributed by atoms with Crippen molar-refractivity contribution in [1.82, 2.24) is 0 Å². The summed E-state index contributed by atoms with van der Waals surface area (Å²) in [6, 6.07) is 7.64. The van der Waals surface area contributed by atoms with Gasteiger partial charge in [-0.2, -0.15) is 0 Å². The van der Waals surface area contributed by atoms with E-state index in [9.17, 15) is 26.0 Å². The Hall–Kier alpha value is -2.29. The molecule has 124 valence electrons. The molecule has 0 heterocycles. The van der Waals surface area contributed by atoms with Crippen molar-refractivity contribution in [3.63, 3.8) is 0 Å². The normalized spacial score (nSPS) is 12.0. The Balaban J connectivity index is 2.31. The molecule has 0 aliphatic rings. The molecule has 0 fully saturated rings. The van der Waals surface area contributed by atoms with Gasteiger partial charge in [-0.1, -0.05) is 12.1 Å². The van der Waals surface area contributed by atoms with E-state index in [2.05, 4.69) is 4.74 Å². The minimum absolute atomic E-state index is 0.308. The summed E-state index contributed by atoms with van der Waals surface area (Å²) in [5, 5.41) is 0. The molecule has 0 aliphatic carbocycles. The standard InChI is InChI=1S/C14H11F4NO3S/c1-9-5-6-13(12(15)7-9)19-23(20,21)11-4-2-3-10(8-11)22-14(16,17)18/h2-8,19H,1H3. The van der Waals surface area contributed by atoms with Crippen molar-refractivity contribution in [1.29, 1.82) is 0 Å². The zero-order chi connectivity index (χ0) is 17.3. The lowest BCUT2D eigenvalue weighted by Gasteiger charge is -2.12. The number of rotatable bonds is 4. The van der Waals surface area contributed by atoms with Crippen LogP contribution in [-0.2, 0) is 10.0 Å². The molecule has 0 saturated heterocycles. The molecule has 2 aromatic carbocycles.